The number of piperidine rings is 1. The third kappa shape index (κ3) is 18.0. The lowest BCUT2D eigenvalue weighted by Gasteiger charge is -2.31. The molecule has 3 nitrogen and oxygen atoms in total. The van der Waals surface area contributed by atoms with E-state index in [1.807, 2.05) is 0 Å². The Morgan fingerprint density at radius 3 is 1.96 bits per heavy atom. The third-order valence-corrected chi connectivity index (χ3v) is 11.8. The Morgan fingerprint density at radius 2 is 1.31 bits per heavy atom. The van der Waals surface area contributed by atoms with Crippen LogP contribution in [0, 0.1) is 44.4 Å². The van der Waals surface area contributed by atoms with E-state index >= 15 is 0 Å². The summed E-state index contributed by atoms with van der Waals surface area (Å²) in [4.78, 5) is 28.2. The smallest absolute Gasteiger partial charge is 0.137 e. The maximum Gasteiger partial charge on any atom is 0.137 e. The Morgan fingerprint density at radius 1 is 0.708 bits per heavy atom. The van der Waals surface area contributed by atoms with Crippen LogP contribution in [0.25, 0.3) is 0 Å². The second-order valence-electron chi connectivity index (χ2n) is 16.8. The van der Waals surface area contributed by atoms with Crippen molar-refractivity contribution in [2.75, 3.05) is 19.6 Å². The summed E-state index contributed by atoms with van der Waals surface area (Å²) in [7, 11) is 0. The van der Waals surface area contributed by atoms with Crippen molar-refractivity contribution >= 4 is 11.6 Å². The number of ketones is 2. The highest BCUT2D eigenvalue weighted by atomic mass is 16.1. The number of hydrogen-bond donors (Lipinski definition) is 0. The third-order valence-electron chi connectivity index (χ3n) is 11.8. The molecule has 1 aromatic rings. The predicted molar refractivity (Wildman–Crippen MR) is 209 cm³/mol. The summed E-state index contributed by atoms with van der Waals surface area (Å²) in [6.45, 7) is 22.2. The summed E-state index contributed by atoms with van der Waals surface area (Å²) in [5.74, 6) is 3.93. The number of unbranched alkanes of at least 4 members (excludes halogenated alkanes) is 4. The fraction of sp³-hybridized carbons (Fsp3) is 0.822. The number of rotatable bonds is 27. The highest BCUT2D eigenvalue weighted by Gasteiger charge is 2.19. The lowest BCUT2D eigenvalue weighted by molar-refractivity contribution is -0.124. The summed E-state index contributed by atoms with van der Waals surface area (Å²) in [5, 5.41) is 0. The zero-order valence-corrected chi connectivity index (χ0v) is 33.3. The molecule has 0 saturated carbocycles. The van der Waals surface area contributed by atoms with Gasteiger partial charge in [-0.3, -0.25) is 9.59 Å². The zero-order valence-electron chi connectivity index (χ0n) is 33.3. The molecule has 3 heteroatoms. The number of Topliss-reactive ketones (excluding diaryl/α,β-unsaturated/α-hetero) is 2. The molecule has 2 rings (SSSR count). The van der Waals surface area contributed by atoms with Crippen LogP contribution in [0.15, 0.2) is 6.07 Å². The van der Waals surface area contributed by atoms with Gasteiger partial charge in [-0.15, -0.1) is 0 Å². The van der Waals surface area contributed by atoms with Gasteiger partial charge in [0.1, 0.15) is 11.6 Å². The van der Waals surface area contributed by atoms with E-state index in [1.165, 1.54) is 144 Å². The minimum atomic E-state index is 0.222. The van der Waals surface area contributed by atoms with E-state index in [2.05, 4.69) is 66.4 Å². The van der Waals surface area contributed by atoms with Crippen LogP contribution in [0.1, 0.15) is 191 Å². The Kier molecular flexibility index (Phi) is 21.9. The standard InChI is InChI=1S/C45H79NO2/c1-9-30-46-31-28-41(29-32-46)23-14-15-25-43(47)26-27-44(48)34-45-39(7)38(6)33-42(40(45)8)24-13-11-10-12-19-36(4)21-17-22-37(5)20-16-18-35(2)3/h33,35-37,41H,9-32,34H2,1-8H3. The second-order valence-corrected chi connectivity index (χ2v) is 16.8. The summed E-state index contributed by atoms with van der Waals surface area (Å²) in [6, 6.07) is 2.36. The topological polar surface area (TPSA) is 37.4 Å². The van der Waals surface area contributed by atoms with Gasteiger partial charge in [-0.25, -0.2) is 0 Å². The highest BCUT2D eigenvalue weighted by Crippen LogP contribution is 2.27. The van der Waals surface area contributed by atoms with Crippen LogP contribution < -0.4 is 0 Å². The van der Waals surface area contributed by atoms with E-state index in [0.29, 0.717) is 25.7 Å². The van der Waals surface area contributed by atoms with E-state index in [0.717, 1.165) is 42.9 Å². The van der Waals surface area contributed by atoms with E-state index in [1.54, 1.807) is 0 Å². The SMILES string of the molecule is CCCN1CCC(CCCCC(=O)CCC(=O)Cc2c(C)c(C)cc(CCCCCCC(C)CCCC(C)CCCC(C)C)c2C)CC1. The molecule has 1 heterocycles. The number of carbonyl (C=O) groups excluding carboxylic acids is 2. The van der Waals surface area contributed by atoms with Crippen molar-refractivity contribution in [1.82, 2.24) is 4.90 Å². The molecule has 0 aromatic heterocycles. The van der Waals surface area contributed by atoms with Crippen LogP contribution in [0.5, 0.6) is 0 Å². The fourth-order valence-corrected chi connectivity index (χ4v) is 8.12. The van der Waals surface area contributed by atoms with Gasteiger partial charge in [0.05, 0.1) is 0 Å². The van der Waals surface area contributed by atoms with Crippen LogP contribution in [0.3, 0.4) is 0 Å². The highest BCUT2D eigenvalue weighted by molar-refractivity contribution is 5.87. The molecule has 48 heavy (non-hydrogen) atoms. The minimum absolute atomic E-state index is 0.222. The van der Waals surface area contributed by atoms with Crippen molar-refractivity contribution in [1.29, 1.82) is 0 Å². The van der Waals surface area contributed by atoms with Crippen molar-refractivity contribution in [3.8, 4) is 0 Å². The molecule has 0 N–H and O–H groups in total. The number of benzene rings is 1. The molecule has 1 fully saturated rings. The lowest BCUT2D eigenvalue weighted by atomic mass is 9.88. The van der Waals surface area contributed by atoms with Crippen LogP contribution in [0.4, 0.5) is 0 Å². The first-order chi connectivity index (χ1) is 23.0. The largest absolute Gasteiger partial charge is 0.303 e. The van der Waals surface area contributed by atoms with Gasteiger partial charge < -0.3 is 4.90 Å². The number of carbonyl (C=O) groups is 2. The first-order valence-electron chi connectivity index (χ1n) is 20.8. The Balaban J connectivity index is 1.62. The van der Waals surface area contributed by atoms with Crippen molar-refractivity contribution in [2.24, 2.45) is 23.7 Å². The van der Waals surface area contributed by atoms with Crippen LogP contribution in [-0.4, -0.2) is 36.1 Å². The van der Waals surface area contributed by atoms with Gasteiger partial charge in [0, 0.05) is 25.7 Å². The molecule has 0 spiro atoms. The summed E-state index contributed by atoms with van der Waals surface area (Å²) in [6.07, 6.45) is 25.3. The predicted octanol–water partition coefficient (Wildman–Crippen LogP) is 12.5. The molecule has 1 aliphatic heterocycles. The molecule has 0 aliphatic carbocycles. The summed E-state index contributed by atoms with van der Waals surface area (Å²) >= 11 is 0. The number of hydrogen-bond acceptors (Lipinski definition) is 3. The Bertz CT molecular complexity index is 1030. The molecule has 1 aromatic carbocycles. The molecule has 1 aliphatic rings. The van der Waals surface area contributed by atoms with Crippen molar-refractivity contribution < 1.29 is 9.59 Å². The van der Waals surface area contributed by atoms with Gasteiger partial charge in [-0.05, 0) is 130 Å². The summed E-state index contributed by atoms with van der Waals surface area (Å²) < 4.78 is 0. The van der Waals surface area contributed by atoms with Crippen LogP contribution in [-0.2, 0) is 22.4 Å². The van der Waals surface area contributed by atoms with Crippen molar-refractivity contribution in [3.63, 3.8) is 0 Å². The van der Waals surface area contributed by atoms with Gasteiger partial charge in [-0.1, -0.05) is 118 Å². The number of likely N-dealkylation sites (tertiary alicyclic amines) is 1. The quantitative estimate of drug-likeness (QED) is 0.0878. The maximum absolute atomic E-state index is 13.0. The molecular formula is C45H79NO2. The van der Waals surface area contributed by atoms with E-state index in [9.17, 15) is 9.59 Å². The first kappa shape index (κ1) is 42.7. The van der Waals surface area contributed by atoms with E-state index in [-0.39, 0.29) is 11.6 Å². The molecule has 276 valence electrons. The molecule has 0 amide bonds. The molecule has 1 saturated heterocycles. The first-order valence-corrected chi connectivity index (χ1v) is 20.8. The van der Waals surface area contributed by atoms with E-state index in [4.69, 9.17) is 0 Å². The van der Waals surface area contributed by atoms with Crippen molar-refractivity contribution in [3.05, 3.63) is 33.9 Å². The summed E-state index contributed by atoms with van der Waals surface area (Å²) in [5.41, 5.74) is 6.51. The molecular weight excluding hydrogens is 587 g/mol. The van der Waals surface area contributed by atoms with Crippen LogP contribution >= 0.6 is 0 Å². The average molecular weight is 666 g/mol. The molecule has 2 unspecified atom stereocenters. The Hall–Kier alpha value is -1.48. The molecule has 0 bridgehead atoms. The maximum atomic E-state index is 13.0. The van der Waals surface area contributed by atoms with Gasteiger partial charge in [0.25, 0.3) is 0 Å². The minimum Gasteiger partial charge on any atom is -0.303 e. The van der Waals surface area contributed by atoms with E-state index < -0.39 is 0 Å². The Labute approximate surface area is 299 Å². The molecule has 2 atom stereocenters. The molecule has 0 radical (unpaired) electrons. The van der Waals surface area contributed by atoms with Crippen LogP contribution in [0.2, 0.25) is 0 Å². The fourth-order valence-electron chi connectivity index (χ4n) is 8.12. The zero-order chi connectivity index (χ0) is 35.3. The monoisotopic (exact) mass is 666 g/mol. The average Bonchev–Trinajstić information content (AvgIpc) is 3.05. The van der Waals surface area contributed by atoms with Crippen molar-refractivity contribution in [2.45, 2.75) is 197 Å². The van der Waals surface area contributed by atoms with Gasteiger partial charge in [0.15, 0.2) is 0 Å². The van der Waals surface area contributed by atoms with Gasteiger partial charge >= 0.3 is 0 Å². The number of aryl methyl sites for hydroxylation is 2. The second kappa shape index (κ2) is 24.6. The lowest BCUT2D eigenvalue weighted by Crippen LogP contribution is -2.34. The normalized spacial score (nSPS) is 15.7. The van der Waals surface area contributed by atoms with Gasteiger partial charge in [-0.2, -0.15) is 0 Å². The number of nitrogens with zero attached hydrogens (tertiary/aromatic N) is 1. The van der Waals surface area contributed by atoms with Gasteiger partial charge in [0.2, 0.25) is 0 Å².